The molecule has 3 rings (SSSR count). The minimum atomic E-state index is -0.642. The molecule has 2 aromatic carbocycles. The van der Waals surface area contributed by atoms with Crippen LogP contribution in [0.5, 0.6) is 0 Å². The number of aryl methyl sites for hydroxylation is 1. The topological polar surface area (TPSA) is 44.9 Å². The Hall–Kier alpha value is -2.07. The molecule has 1 amide bonds. The fourth-order valence-corrected chi connectivity index (χ4v) is 3.28. The van der Waals surface area contributed by atoms with E-state index in [-0.39, 0.29) is 5.91 Å². The highest BCUT2D eigenvalue weighted by Gasteiger charge is 2.34. The molecule has 0 bridgehead atoms. The lowest BCUT2D eigenvalue weighted by molar-refractivity contribution is -0.120. The zero-order valence-electron chi connectivity index (χ0n) is 13.4. The van der Waals surface area contributed by atoms with E-state index >= 15 is 0 Å². The molecule has 0 aliphatic carbocycles. The van der Waals surface area contributed by atoms with Gasteiger partial charge < -0.3 is 10.3 Å². The predicted molar refractivity (Wildman–Crippen MR) is 98.8 cm³/mol. The third kappa shape index (κ3) is 2.91. The van der Waals surface area contributed by atoms with Crippen LogP contribution in [0.3, 0.4) is 0 Å². The lowest BCUT2D eigenvalue weighted by Crippen LogP contribution is -2.35. The smallest absolute Gasteiger partial charge is 0.234 e. The molecule has 0 radical (unpaired) electrons. The molecule has 0 aliphatic heterocycles. The molecule has 0 saturated carbocycles. The fraction of sp³-hybridized carbons (Fsp3) is 0.211. The molecule has 0 atom stereocenters. The van der Waals surface area contributed by atoms with Gasteiger partial charge in [0.1, 0.15) is 0 Å². The van der Waals surface area contributed by atoms with Gasteiger partial charge in [0.25, 0.3) is 0 Å². The van der Waals surface area contributed by atoms with Crippen LogP contribution in [-0.2, 0) is 10.2 Å². The van der Waals surface area contributed by atoms with Gasteiger partial charge in [-0.15, -0.1) is 0 Å². The minimum Gasteiger partial charge on any atom is -0.358 e. The number of hydrogen-bond donors (Lipinski definition) is 2. The summed E-state index contributed by atoms with van der Waals surface area (Å²) in [4.78, 5) is 16.2. The summed E-state index contributed by atoms with van der Waals surface area (Å²) in [6, 6.07) is 15.7. The van der Waals surface area contributed by atoms with Gasteiger partial charge in [0, 0.05) is 26.8 Å². The SMILES string of the molecule is Cc1[nH]c2ccccc2c1C(C)(C)C(=O)Nc1ccc(Br)cc1. The largest absolute Gasteiger partial charge is 0.358 e. The number of amides is 1. The van der Waals surface area contributed by atoms with Crippen molar-refractivity contribution in [2.24, 2.45) is 0 Å². The van der Waals surface area contributed by atoms with E-state index in [1.54, 1.807) is 0 Å². The molecule has 0 saturated heterocycles. The van der Waals surface area contributed by atoms with Crippen molar-refractivity contribution in [2.45, 2.75) is 26.2 Å². The lowest BCUT2D eigenvalue weighted by atomic mass is 9.81. The van der Waals surface area contributed by atoms with Gasteiger partial charge in [-0.2, -0.15) is 0 Å². The molecule has 2 N–H and O–H groups in total. The highest BCUT2D eigenvalue weighted by Crippen LogP contribution is 2.34. The Labute approximate surface area is 144 Å². The first-order valence-electron chi connectivity index (χ1n) is 7.54. The maximum atomic E-state index is 12.9. The number of aromatic nitrogens is 1. The summed E-state index contributed by atoms with van der Waals surface area (Å²) in [6.45, 7) is 5.94. The second kappa shape index (κ2) is 5.85. The summed E-state index contributed by atoms with van der Waals surface area (Å²) in [5, 5.41) is 4.11. The van der Waals surface area contributed by atoms with Gasteiger partial charge in [0.05, 0.1) is 5.41 Å². The van der Waals surface area contributed by atoms with Crippen LogP contribution in [0.2, 0.25) is 0 Å². The maximum Gasteiger partial charge on any atom is 0.234 e. The van der Waals surface area contributed by atoms with Crippen molar-refractivity contribution in [3.05, 3.63) is 64.3 Å². The maximum absolute atomic E-state index is 12.9. The van der Waals surface area contributed by atoms with Crippen molar-refractivity contribution in [3.8, 4) is 0 Å². The van der Waals surface area contributed by atoms with E-state index in [9.17, 15) is 4.79 Å². The summed E-state index contributed by atoms with van der Waals surface area (Å²) in [5.41, 5.74) is 3.29. The molecule has 0 fully saturated rings. The predicted octanol–water partition coefficient (Wildman–Crippen LogP) is 5.16. The van der Waals surface area contributed by atoms with E-state index < -0.39 is 5.41 Å². The van der Waals surface area contributed by atoms with Crippen LogP contribution >= 0.6 is 15.9 Å². The van der Waals surface area contributed by atoms with Crippen molar-refractivity contribution in [2.75, 3.05) is 5.32 Å². The van der Waals surface area contributed by atoms with Crippen molar-refractivity contribution < 1.29 is 4.79 Å². The first-order valence-corrected chi connectivity index (χ1v) is 8.33. The van der Waals surface area contributed by atoms with Crippen LogP contribution in [0.15, 0.2) is 53.0 Å². The van der Waals surface area contributed by atoms with Crippen LogP contribution in [0, 0.1) is 6.92 Å². The van der Waals surface area contributed by atoms with E-state index in [4.69, 9.17) is 0 Å². The average molecular weight is 371 g/mol. The van der Waals surface area contributed by atoms with Gasteiger partial charge in [0.2, 0.25) is 5.91 Å². The molecule has 1 aromatic heterocycles. The van der Waals surface area contributed by atoms with Crippen LogP contribution < -0.4 is 5.32 Å². The van der Waals surface area contributed by atoms with Crippen LogP contribution in [0.25, 0.3) is 10.9 Å². The number of rotatable bonds is 3. The Kier molecular flexibility index (Phi) is 4.02. The fourth-order valence-electron chi connectivity index (χ4n) is 3.02. The van der Waals surface area contributed by atoms with Crippen LogP contribution in [0.1, 0.15) is 25.1 Å². The first kappa shape index (κ1) is 15.8. The highest BCUT2D eigenvalue weighted by molar-refractivity contribution is 9.10. The zero-order valence-corrected chi connectivity index (χ0v) is 15.0. The van der Waals surface area contributed by atoms with Crippen LogP contribution in [0.4, 0.5) is 5.69 Å². The van der Waals surface area contributed by atoms with E-state index in [0.717, 1.165) is 32.3 Å². The molecule has 4 heteroatoms. The monoisotopic (exact) mass is 370 g/mol. The van der Waals surface area contributed by atoms with E-state index in [0.29, 0.717) is 0 Å². The summed E-state index contributed by atoms with van der Waals surface area (Å²) in [7, 11) is 0. The highest BCUT2D eigenvalue weighted by atomic mass is 79.9. The van der Waals surface area contributed by atoms with Crippen molar-refractivity contribution in [1.29, 1.82) is 0 Å². The van der Waals surface area contributed by atoms with Gasteiger partial charge >= 0.3 is 0 Å². The molecule has 0 spiro atoms. The molecule has 0 unspecified atom stereocenters. The summed E-state index contributed by atoms with van der Waals surface area (Å²) in [6.07, 6.45) is 0. The number of aromatic amines is 1. The van der Waals surface area contributed by atoms with Gasteiger partial charge in [-0.3, -0.25) is 4.79 Å². The number of para-hydroxylation sites is 1. The zero-order chi connectivity index (χ0) is 16.6. The molecule has 1 heterocycles. The Balaban J connectivity index is 1.97. The second-order valence-electron chi connectivity index (χ2n) is 6.26. The molecular formula is C19H19BrN2O. The van der Waals surface area contributed by atoms with Gasteiger partial charge in [-0.1, -0.05) is 34.1 Å². The van der Waals surface area contributed by atoms with Gasteiger partial charge in [-0.05, 0) is 56.7 Å². The van der Waals surface area contributed by atoms with Crippen molar-refractivity contribution in [1.82, 2.24) is 4.98 Å². The van der Waals surface area contributed by atoms with Gasteiger partial charge in [-0.25, -0.2) is 0 Å². The minimum absolute atomic E-state index is 0.0207. The van der Waals surface area contributed by atoms with E-state index in [1.807, 2.05) is 63.2 Å². The molecular weight excluding hydrogens is 352 g/mol. The summed E-state index contributed by atoms with van der Waals surface area (Å²) in [5.74, 6) is -0.0207. The molecule has 3 nitrogen and oxygen atoms in total. The number of anilines is 1. The number of carbonyl (C=O) groups is 1. The normalized spacial score (nSPS) is 11.7. The number of hydrogen-bond acceptors (Lipinski definition) is 1. The summed E-state index contributed by atoms with van der Waals surface area (Å²) < 4.78 is 0.988. The standard InChI is InChI=1S/C19H19BrN2O/c1-12-17(15-6-4-5-7-16(15)21-12)19(2,3)18(23)22-14-10-8-13(20)9-11-14/h4-11,21H,1-3H3,(H,22,23). The average Bonchev–Trinajstić information content (AvgIpc) is 2.85. The Morgan fingerprint density at radius 3 is 2.43 bits per heavy atom. The number of fused-ring (bicyclic) bond motifs is 1. The third-order valence-electron chi connectivity index (χ3n) is 4.19. The van der Waals surface area contributed by atoms with Crippen molar-refractivity contribution >= 4 is 38.4 Å². The molecule has 118 valence electrons. The Morgan fingerprint density at radius 2 is 1.74 bits per heavy atom. The Bertz CT molecular complexity index is 863. The van der Waals surface area contributed by atoms with E-state index in [2.05, 4.69) is 32.3 Å². The lowest BCUT2D eigenvalue weighted by Gasteiger charge is -2.24. The number of benzene rings is 2. The number of nitrogens with one attached hydrogen (secondary N) is 2. The van der Waals surface area contributed by atoms with Gasteiger partial charge in [0.15, 0.2) is 0 Å². The number of H-pyrrole nitrogens is 1. The van der Waals surface area contributed by atoms with Crippen molar-refractivity contribution in [3.63, 3.8) is 0 Å². The first-order chi connectivity index (χ1) is 10.9. The van der Waals surface area contributed by atoms with E-state index in [1.165, 1.54) is 0 Å². The Morgan fingerprint density at radius 1 is 1.09 bits per heavy atom. The number of halogens is 1. The molecule has 23 heavy (non-hydrogen) atoms. The molecule has 0 aliphatic rings. The summed E-state index contributed by atoms with van der Waals surface area (Å²) >= 11 is 3.40. The van der Waals surface area contributed by atoms with Crippen LogP contribution in [-0.4, -0.2) is 10.9 Å². The second-order valence-corrected chi connectivity index (χ2v) is 7.17. The molecule has 3 aromatic rings. The third-order valence-corrected chi connectivity index (χ3v) is 4.72. The number of carbonyl (C=O) groups excluding carboxylic acids is 1. The quantitative estimate of drug-likeness (QED) is 0.657.